The van der Waals surface area contributed by atoms with E-state index in [1.165, 1.54) is 6.07 Å². The van der Waals surface area contributed by atoms with Gasteiger partial charge in [-0.1, -0.05) is 29.3 Å². The van der Waals surface area contributed by atoms with Gasteiger partial charge in [-0.05, 0) is 25.1 Å². The fourth-order valence-electron chi connectivity index (χ4n) is 1.50. The summed E-state index contributed by atoms with van der Waals surface area (Å²) in [5, 5.41) is 9.72. The quantitative estimate of drug-likeness (QED) is 0.916. The molecule has 2 aromatic rings. The molecule has 0 saturated carbocycles. The maximum Gasteiger partial charge on any atom is 0.354 e. The van der Waals surface area contributed by atoms with Gasteiger partial charge in [0, 0.05) is 5.69 Å². The Hall–Kier alpha value is -1.65. The summed E-state index contributed by atoms with van der Waals surface area (Å²) >= 11 is 12.1. The highest BCUT2D eigenvalue weighted by Gasteiger charge is 2.15. The molecule has 1 heterocycles. The van der Waals surface area contributed by atoms with Gasteiger partial charge >= 0.3 is 5.97 Å². The van der Waals surface area contributed by atoms with Crippen LogP contribution in [0.2, 0.25) is 10.0 Å². The van der Waals surface area contributed by atoms with E-state index in [4.69, 9.17) is 28.3 Å². The van der Waals surface area contributed by atoms with E-state index >= 15 is 0 Å². The van der Waals surface area contributed by atoms with Crippen molar-refractivity contribution in [1.82, 2.24) is 9.97 Å². The van der Waals surface area contributed by atoms with Crippen LogP contribution < -0.4 is 0 Å². The van der Waals surface area contributed by atoms with Crippen molar-refractivity contribution in [3.63, 3.8) is 0 Å². The molecule has 0 fully saturated rings. The highest BCUT2D eigenvalue weighted by Crippen LogP contribution is 2.32. The predicted molar refractivity (Wildman–Crippen MR) is 69.2 cm³/mol. The third-order valence-electron chi connectivity index (χ3n) is 2.26. The number of nitrogens with zero attached hydrogens (tertiary/aromatic N) is 2. The summed E-state index contributed by atoms with van der Waals surface area (Å²) in [5.41, 5.74) is 0.883. The molecule has 0 aliphatic carbocycles. The molecule has 6 heteroatoms. The van der Waals surface area contributed by atoms with Gasteiger partial charge in [0.25, 0.3) is 0 Å². The Morgan fingerprint density at radius 1 is 1.22 bits per heavy atom. The summed E-state index contributed by atoms with van der Waals surface area (Å²) in [6.07, 6.45) is 0. The largest absolute Gasteiger partial charge is 0.477 e. The molecule has 92 valence electrons. The molecule has 0 aliphatic rings. The van der Waals surface area contributed by atoms with Crippen LogP contribution in [0, 0.1) is 6.92 Å². The normalized spacial score (nSPS) is 10.4. The zero-order chi connectivity index (χ0) is 13.3. The number of hydrogen-bond acceptors (Lipinski definition) is 3. The molecule has 4 nitrogen and oxygen atoms in total. The van der Waals surface area contributed by atoms with Crippen LogP contribution in [0.5, 0.6) is 0 Å². The first-order chi connectivity index (χ1) is 8.49. The first-order valence-electron chi connectivity index (χ1n) is 5.02. The van der Waals surface area contributed by atoms with Gasteiger partial charge in [0.2, 0.25) is 0 Å². The Kier molecular flexibility index (Phi) is 3.50. The minimum Gasteiger partial charge on any atom is -0.477 e. The van der Waals surface area contributed by atoms with E-state index in [0.29, 0.717) is 21.3 Å². The fraction of sp³-hybridized carbons (Fsp3) is 0.0833. The smallest absolute Gasteiger partial charge is 0.354 e. The topological polar surface area (TPSA) is 63.1 Å². The molecule has 2 rings (SSSR count). The lowest BCUT2D eigenvalue weighted by atomic mass is 10.2. The van der Waals surface area contributed by atoms with Crippen LogP contribution in [-0.2, 0) is 0 Å². The molecule has 0 aliphatic heterocycles. The highest BCUT2D eigenvalue weighted by molar-refractivity contribution is 6.38. The molecule has 0 radical (unpaired) electrons. The van der Waals surface area contributed by atoms with Crippen molar-refractivity contribution in [3.05, 3.63) is 45.7 Å². The number of aromatic carboxylic acids is 1. The van der Waals surface area contributed by atoms with Gasteiger partial charge in [0.15, 0.2) is 11.5 Å². The van der Waals surface area contributed by atoms with E-state index in [2.05, 4.69) is 9.97 Å². The molecular formula is C12H8Cl2N2O2. The first-order valence-corrected chi connectivity index (χ1v) is 5.78. The molecule has 0 bridgehead atoms. The van der Waals surface area contributed by atoms with Crippen molar-refractivity contribution in [3.8, 4) is 11.4 Å². The predicted octanol–water partition coefficient (Wildman–Crippen LogP) is 3.46. The summed E-state index contributed by atoms with van der Waals surface area (Å²) < 4.78 is 0. The van der Waals surface area contributed by atoms with Crippen LogP contribution in [0.1, 0.15) is 16.2 Å². The van der Waals surface area contributed by atoms with E-state index in [9.17, 15) is 4.79 Å². The third-order valence-corrected chi connectivity index (χ3v) is 2.89. The van der Waals surface area contributed by atoms with E-state index in [0.717, 1.165) is 0 Å². The molecule has 1 aromatic carbocycles. The molecule has 18 heavy (non-hydrogen) atoms. The average Bonchev–Trinajstić information content (AvgIpc) is 2.28. The molecule has 0 spiro atoms. The van der Waals surface area contributed by atoms with Crippen LogP contribution in [0.4, 0.5) is 0 Å². The second-order valence-electron chi connectivity index (χ2n) is 3.62. The van der Waals surface area contributed by atoms with Gasteiger partial charge < -0.3 is 5.11 Å². The highest BCUT2D eigenvalue weighted by atomic mass is 35.5. The Bertz CT molecular complexity index is 609. The van der Waals surface area contributed by atoms with Crippen molar-refractivity contribution in [2.75, 3.05) is 0 Å². The minimum atomic E-state index is -1.12. The van der Waals surface area contributed by atoms with E-state index in [1.807, 2.05) is 0 Å². The second-order valence-corrected chi connectivity index (χ2v) is 4.43. The van der Waals surface area contributed by atoms with Gasteiger partial charge in [-0.2, -0.15) is 0 Å². The number of rotatable bonds is 2. The standard InChI is InChI=1S/C12H8Cl2N2O2/c1-6-5-9(12(17)18)16-11(15-6)10-7(13)3-2-4-8(10)14/h2-5H,1H3,(H,17,18). The third kappa shape index (κ3) is 2.44. The van der Waals surface area contributed by atoms with Crippen molar-refractivity contribution < 1.29 is 9.90 Å². The van der Waals surface area contributed by atoms with Gasteiger partial charge in [-0.15, -0.1) is 0 Å². The lowest BCUT2D eigenvalue weighted by Crippen LogP contribution is -2.04. The van der Waals surface area contributed by atoms with Gasteiger partial charge in [-0.3, -0.25) is 0 Å². The minimum absolute atomic E-state index is 0.0894. The fourth-order valence-corrected chi connectivity index (χ4v) is 2.07. The Balaban J connectivity index is 2.68. The van der Waals surface area contributed by atoms with E-state index in [1.54, 1.807) is 25.1 Å². The van der Waals surface area contributed by atoms with Crippen LogP contribution in [0.25, 0.3) is 11.4 Å². The monoisotopic (exact) mass is 282 g/mol. The number of aromatic nitrogens is 2. The van der Waals surface area contributed by atoms with Crippen LogP contribution >= 0.6 is 23.2 Å². The van der Waals surface area contributed by atoms with Crippen molar-refractivity contribution in [1.29, 1.82) is 0 Å². The van der Waals surface area contributed by atoms with Crippen LogP contribution in [-0.4, -0.2) is 21.0 Å². The average molecular weight is 283 g/mol. The summed E-state index contributed by atoms with van der Waals surface area (Å²) in [7, 11) is 0. The number of carboxylic acid groups (broad SMARTS) is 1. The number of aryl methyl sites for hydroxylation is 1. The SMILES string of the molecule is Cc1cc(C(=O)O)nc(-c2c(Cl)cccc2Cl)n1. The van der Waals surface area contributed by atoms with Crippen LogP contribution in [0.3, 0.4) is 0 Å². The zero-order valence-electron chi connectivity index (χ0n) is 9.32. The summed E-state index contributed by atoms with van der Waals surface area (Å²) in [6.45, 7) is 1.68. The maximum absolute atomic E-state index is 11.0. The molecule has 0 unspecified atom stereocenters. The zero-order valence-corrected chi connectivity index (χ0v) is 10.8. The Morgan fingerprint density at radius 2 is 1.83 bits per heavy atom. The molecule has 1 aromatic heterocycles. The molecule has 0 amide bonds. The lowest BCUT2D eigenvalue weighted by molar-refractivity contribution is 0.0690. The molecular weight excluding hydrogens is 275 g/mol. The Morgan fingerprint density at radius 3 is 2.39 bits per heavy atom. The van der Waals surface area contributed by atoms with Crippen molar-refractivity contribution >= 4 is 29.2 Å². The second kappa shape index (κ2) is 4.92. The lowest BCUT2D eigenvalue weighted by Gasteiger charge is -2.07. The number of halogens is 2. The van der Waals surface area contributed by atoms with Gasteiger partial charge in [-0.25, -0.2) is 14.8 Å². The van der Waals surface area contributed by atoms with E-state index in [-0.39, 0.29) is 11.5 Å². The summed E-state index contributed by atoms with van der Waals surface area (Å²) in [5.74, 6) is -0.909. The summed E-state index contributed by atoms with van der Waals surface area (Å²) in [4.78, 5) is 19.1. The Labute approximate surface area is 113 Å². The van der Waals surface area contributed by atoms with E-state index < -0.39 is 5.97 Å². The number of carboxylic acids is 1. The maximum atomic E-state index is 11.0. The number of hydrogen-bond donors (Lipinski definition) is 1. The first kappa shape index (κ1) is 12.8. The molecule has 0 saturated heterocycles. The van der Waals surface area contributed by atoms with Crippen molar-refractivity contribution in [2.24, 2.45) is 0 Å². The summed E-state index contributed by atoms with van der Waals surface area (Å²) in [6, 6.07) is 6.38. The van der Waals surface area contributed by atoms with Gasteiger partial charge in [0.1, 0.15) is 0 Å². The number of carbonyl (C=O) groups is 1. The van der Waals surface area contributed by atoms with Crippen molar-refractivity contribution in [2.45, 2.75) is 6.92 Å². The number of benzene rings is 1. The van der Waals surface area contributed by atoms with Gasteiger partial charge in [0.05, 0.1) is 15.6 Å². The van der Waals surface area contributed by atoms with Crippen LogP contribution in [0.15, 0.2) is 24.3 Å². The molecule has 1 N–H and O–H groups in total. The molecule has 0 atom stereocenters.